The first-order valence-electron chi connectivity index (χ1n) is 11.0. The number of carbonyl (C=O) groups is 1. The molecule has 0 unspecified atom stereocenters. The van der Waals surface area contributed by atoms with Crippen molar-refractivity contribution in [3.8, 4) is 17.2 Å². The van der Waals surface area contributed by atoms with Crippen LogP contribution in [0.2, 0.25) is 0 Å². The van der Waals surface area contributed by atoms with Crippen molar-refractivity contribution in [3.05, 3.63) is 94.3 Å². The summed E-state index contributed by atoms with van der Waals surface area (Å²) in [6.07, 6.45) is 0. The zero-order valence-corrected chi connectivity index (χ0v) is 19.8. The number of nitrogens with one attached hydrogen (secondary N) is 2. The molecule has 4 aromatic rings. The minimum absolute atomic E-state index is 0.102. The largest absolute Gasteiger partial charge is 0.497 e. The van der Waals surface area contributed by atoms with Crippen LogP contribution in [-0.2, 0) is 13.1 Å². The summed E-state index contributed by atoms with van der Waals surface area (Å²) >= 11 is 0. The molecular weight excluding hydrogens is 446 g/mol. The van der Waals surface area contributed by atoms with E-state index >= 15 is 0 Å². The van der Waals surface area contributed by atoms with E-state index in [0.29, 0.717) is 34.8 Å². The number of carbonyl (C=O) groups excluding carboxylic acids is 1. The number of urea groups is 1. The molecule has 35 heavy (non-hydrogen) atoms. The molecule has 0 aliphatic rings. The number of hydrogen-bond donors (Lipinski definition) is 2. The van der Waals surface area contributed by atoms with E-state index in [1.807, 2.05) is 54.6 Å². The number of amides is 2. The number of fused-ring (bicyclic) bond motifs is 1. The highest BCUT2D eigenvalue weighted by molar-refractivity contribution is 5.89. The van der Waals surface area contributed by atoms with E-state index in [1.54, 1.807) is 44.4 Å². The second kappa shape index (κ2) is 10.6. The molecule has 3 aromatic carbocycles. The standard InChI is InChI=1S/C27H27N3O5/c1-33-22-11-9-18(10-12-22)16-30(27(32)28-21-7-5-4-6-8-21)17-20-13-19-14-24(34-2)25(35-3)15-23(19)29-26(20)31/h4-15H,16-17H2,1-3H3,(H,28,32)(H,29,31). The molecule has 0 radical (unpaired) electrons. The minimum Gasteiger partial charge on any atom is -0.497 e. The molecule has 2 amide bonds. The number of hydrogen-bond acceptors (Lipinski definition) is 5. The van der Waals surface area contributed by atoms with Crippen molar-refractivity contribution in [3.63, 3.8) is 0 Å². The molecule has 0 spiro atoms. The van der Waals surface area contributed by atoms with E-state index in [-0.39, 0.29) is 18.1 Å². The molecule has 8 nitrogen and oxygen atoms in total. The Morgan fingerprint density at radius 2 is 1.54 bits per heavy atom. The predicted molar refractivity (Wildman–Crippen MR) is 135 cm³/mol. The lowest BCUT2D eigenvalue weighted by molar-refractivity contribution is 0.206. The summed E-state index contributed by atoms with van der Waals surface area (Å²) in [6, 6.07) is 21.6. The van der Waals surface area contributed by atoms with Crippen molar-refractivity contribution in [2.75, 3.05) is 26.6 Å². The molecule has 180 valence electrons. The number of para-hydroxylation sites is 1. The predicted octanol–water partition coefficient (Wildman–Crippen LogP) is 4.79. The average Bonchev–Trinajstić information content (AvgIpc) is 2.88. The second-order valence-electron chi connectivity index (χ2n) is 7.92. The van der Waals surface area contributed by atoms with Gasteiger partial charge >= 0.3 is 6.03 Å². The fraction of sp³-hybridized carbons (Fsp3) is 0.185. The number of aromatic nitrogens is 1. The molecule has 8 heteroatoms. The molecular formula is C27H27N3O5. The third-order valence-electron chi connectivity index (χ3n) is 5.63. The molecule has 4 rings (SSSR count). The highest BCUT2D eigenvalue weighted by Crippen LogP contribution is 2.31. The van der Waals surface area contributed by atoms with Crippen molar-refractivity contribution in [2.24, 2.45) is 0 Å². The van der Waals surface area contributed by atoms with E-state index < -0.39 is 0 Å². The Morgan fingerprint density at radius 1 is 0.857 bits per heavy atom. The third-order valence-corrected chi connectivity index (χ3v) is 5.63. The van der Waals surface area contributed by atoms with Gasteiger partial charge in [-0.05, 0) is 42.0 Å². The third kappa shape index (κ3) is 5.55. The summed E-state index contributed by atoms with van der Waals surface area (Å²) in [5.41, 5.74) is 2.35. The topological polar surface area (TPSA) is 92.9 Å². The second-order valence-corrected chi connectivity index (χ2v) is 7.92. The number of ether oxygens (including phenoxy) is 3. The Labute approximate surface area is 203 Å². The van der Waals surface area contributed by atoms with Crippen molar-refractivity contribution < 1.29 is 19.0 Å². The van der Waals surface area contributed by atoms with Gasteiger partial charge in [-0.15, -0.1) is 0 Å². The number of pyridine rings is 1. The van der Waals surface area contributed by atoms with Crippen molar-refractivity contribution in [1.29, 1.82) is 0 Å². The normalized spacial score (nSPS) is 10.6. The van der Waals surface area contributed by atoms with Gasteiger partial charge in [0.1, 0.15) is 5.75 Å². The van der Waals surface area contributed by atoms with Gasteiger partial charge < -0.3 is 29.4 Å². The van der Waals surface area contributed by atoms with E-state index in [4.69, 9.17) is 14.2 Å². The number of rotatable bonds is 8. The Hall–Kier alpha value is -4.46. The molecule has 0 aliphatic carbocycles. The van der Waals surface area contributed by atoms with Gasteiger partial charge in [0, 0.05) is 29.2 Å². The van der Waals surface area contributed by atoms with Crippen molar-refractivity contribution in [1.82, 2.24) is 9.88 Å². The van der Waals surface area contributed by atoms with Crippen LogP contribution in [0.3, 0.4) is 0 Å². The quantitative estimate of drug-likeness (QED) is 0.384. The molecule has 0 saturated heterocycles. The molecule has 0 saturated carbocycles. The Kier molecular flexibility index (Phi) is 7.21. The molecule has 1 heterocycles. The lowest BCUT2D eigenvalue weighted by Gasteiger charge is -2.23. The molecule has 0 bridgehead atoms. The summed E-state index contributed by atoms with van der Waals surface area (Å²) in [7, 11) is 4.70. The molecule has 0 fully saturated rings. The summed E-state index contributed by atoms with van der Waals surface area (Å²) in [5.74, 6) is 1.80. The first kappa shape index (κ1) is 23.7. The van der Waals surface area contributed by atoms with Gasteiger partial charge in [-0.2, -0.15) is 0 Å². The van der Waals surface area contributed by atoms with E-state index in [9.17, 15) is 9.59 Å². The maximum Gasteiger partial charge on any atom is 0.322 e. The molecule has 2 N–H and O–H groups in total. The minimum atomic E-state index is -0.321. The fourth-order valence-corrected chi connectivity index (χ4v) is 3.78. The zero-order chi connectivity index (χ0) is 24.8. The molecule has 0 atom stereocenters. The van der Waals surface area contributed by atoms with Crippen LogP contribution in [0.4, 0.5) is 10.5 Å². The highest BCUT2D eigenvalue weighted by atomic mass is 16.5. The number of benzene rings is 3. The Bertz CT molecular complexity index is 1370. The first-order chi connectivity index (χ1) is 17.0. The van der Waals surface area contributed by atoms with Crippen LogP contribution in [0.5, 0.6) is 17.2 Å². The van der Waals surface area contributed by atoms with Crippen LogP contribution in [0.15, 0.2) is 77.6 Å². The number of H-pyrrole nitrogens is 1. The summed E-state index contributed by atoms with van der Waals surface area (Å²) in [5, 5.41) is 3.68. The van der Waals surface area contributed by atoms with Gasteiger partial charge in [0.15, 0.2) is 11.5 Å². The average molecular weight is 474 g/mol. The Morgan fingerprint density at radius 3 is 2.20 bits per heavy atom. The van der Waals surface area contributed by atoms with Crippen molar-refractivity contribution in [2.45, 2.75) is 13.1 Å². The lowest BCUT2D eigenvalue weighted by atomic mass is 10.1. The number of anilines is 1. The van der Waals surface area contributed by atoms with Crippen molar-refractivity contribution >= 4 is 22.6 Å². The Balaban J connectivity index is 1.67. The number of methoxy groups -OCH3 is 3. The van der Waals surface area contributed by atoms with Crippen LogP contribution in [0.25, 0.3) is 10.9 Å². The van der Waals surface area contributed by atoms with Crippen LogP contribution in [-0.4, -0.2) is 37.2 Å². The monoisotopic (exact) mass is 473 g/mol. The van der Waals surface area contributed by atoms with E-state index in [1.165, 1.54) is 0 Å². The maximum absolute atomic E-state index is 13.2. The van der Waals surface area contributed by atoms with E-state index in [2.05, 4.69) is 10.3 Å². The van der Waals surface area contributed by atoms with Gasteiger partial charge in [-0.3, -0.25) is 4.79 Å². The van der Waals surface area contributed by atoms with Crippen LogP contribution in [0.1, 0.15) is 11.1 Å². The number of aromatic amines is 1. The molecule has 1 aromatic heterocycles. The summed E-state index contributed by atoms with van der Waals surface area (Å²) < 4.78 is 16.0. The molecule has 0 aliphatic heterocycles. The summed E-state index contributed by atoms with van der Waals surface area (Å²) in [6.45, 7) is 0.399. The smallest absolute Gasteiger partial charge is 0.322 e. The number of nitrogens with zero attached hydrogens (tertiary/aromatic N) is 1. The van der Waals surface area contributed by atoms with Gasteiger partial charge in [0.05, 0.1) is 33.4 Å². The van der Waals surface area contributed by atoms with Gasteiger partial charge in [-0.1, -0.05) is 30.3 Å². The van der Waals surface area contributed by atoms with Gasteiger partial charge in [-0.25, -0.2) is 4.79 Å². The SMILES string of the molecule is COc1ccc(CN(Cc2cc3cc(OC)c(OC)cc3[nH]c2=O)C(=O)Nc2ccccc2)cc1. The zero-order valence-electron chi connectivity index (χ0n) is 19.8. The maximum atomic E-state index is 13.2. The van der Waals surface area contributed by atoms with Gasteiger partial charge in [0.2, 0.25) is 0 Å². The van der Waals surface area contributed by atoms with Crippen LogP contribution in [0, 0.1) is 0 Å². The van der Waals surface area contributed by atoms with Crippen LogP contribution >= 0.6 is 0 Å². The van der Waals surface area contributed by atoms with E-state index in [0.717, 1.165) is 16.7 Å². The summed E-state index contributed by atoms with van der Waals surface area (Å²) in [4.78, 5) is 30.7. The lowest BCUT2D eigenvalue weighted by Crippen LogP contribution is -2.35. The van der Waals surface area contributed by atoms with Gasteiger partial charge in [0.25, 0.3) is 5.56 Å². The van der Waals surface area contributed by atoms with Crippen LogP contribution < -0.4 is 25.1 Å². The fourth-order valence-electron chi connectivity index (χ4n) is 3.78. The first-order valence-corrected chi connectivity index (χ1v) is 11.0. The highest BCUT2D eigenvalue weighted by Gasteiger charge is 2.18.